The Bertz CT molecular complexity index is 592. The Balaban J connectivity index is 2.37. The topological polar surface area (TPSA) is 76.6 Å². The van der Waals surface area contributed by atoms with Gasteiger partial charge in [0.05, 0.1) is 17.9 Å². The first-order valence-electron chi connectivity index (χ1n) is 5.83. The monoisotopic (exact) mass is 275 g/mol. The summed E-state index contributed by atoms with van der Waals surface area (Å²) in [6, 6.07) is 9.67. The molecule has 0 unspecified atom stereocenters. The van der Waals surface area contributed by atoms with E-state index in [-0.39, 0.29) is 5.25 Å². The van der Waals surface area contributed by atoms with E-state index in [2.05, 4.69) is 21.6 Å². The first-order chi connectivity index (χ1) is 9.26. The molecule has 7 heteroatoms. The quantitative estimate of drug-likeness (QED) is 0.777. The second-order valence-corrected chi connectivity index (χ2v) is 4.97. The summed E-state index contributed by atoms with van der Waals surface area (Å²) in [4.78, 5) is 0. The molecule has 0 fully saturated rings. The number of ether oxygens (including phenoxy) is 1. The van der Waals surface area contributed by atoms with E-state index in [9.17, 15) is 0 Å². The molecular weight excluding hydrogens is 262 g/mol. The fraction of sp³-hybridized carbons (Fsp3) is 0.333. The smallest absolute Gasteiger partial charge is 0.215 e. The van der Waals surface area contributed by atoms with Gasteiger partial charge in [0.25, 0.3) is 0 Å². The highest BCUT2D eigenvalue weighted by Crippen LogP contribution is 2.27. The molecule has 1 heterocycles. The molecular formula is C12H13N5OS. The molecule has 1 aromatic heterocycles. The maximum absolute atomic E-state index is 8.86. The highest BCUT2D eigenvalue weighted by molar-refractivity contribution is 8.00. The molecule has 0 bridgehead atoms. The fourth-order valence-corrected chi connectivity index (χ4v) is 2.19. The first kappa shape index (κ1) is 13.4. The van der Waals surface area contributed by atoms with Gasteiger partial charge < -0.3 is 4.74 Å². The number of para-hydroxylation sites is 2. The van der Waals surface area contributed by atoms with Crippen LogP contribution >= 0.6 is 11.8 Å². The second-order valence-electron chi connectivity index (χ2n) is 3.66. The summed E-state index contributed by atoms with van der Waals surface area (Å²) in [5.41, 5.74) is 0.766. The van der Waals surface area contributed by atoms with Crippen molar-refractivity contribution in [1.29, 1.82) is 5.26 Å². The summed E-state index contributed by atoms with van der Waals surface area (Å²) in [6.45, 7) is 4.29. The van der Waals surface area contributed by atoms with Crippen LogP contribution in [0.1, 0.15) is 13.8 Å². The lowest BCUT2D eigenvalue weighted by Gasteiger charge is -2.10. The lowest BCUT2D eigenvalue weighted by atomic mass is 10.3. The third-order valence-electron chi connectivity index (χ3n) is 2.30. The van der Waals surface area contributed by atoms with E-state index < -0.39 is 0 Å². The standard InChI is InChI=1S/C12H13N5OS/c1-3-18-11-7-5-4-6-10(11)17-12(14-15-16-17)19-9(2)8-13/h4-7,9H,3H2,1-2H3/t9-/m1/s1. The SMILES string of the molecule is CCOc1ccccc1-n1nnnc1S[C@H](C)C#N. The minimum atomic E-state index is -0.219. The van der Waals surface area contributed by atoms with Gasteiger partial charge in [-0.2, -0.15) is 9.94 Å². The molecule has 1 atom stereocenters. The van der Waals surface area contributed by atoms with Crippen molar-refractivity contribution in [3.63, 3.8) is 0 Å². The number of thioether (sulfide) groups is 1. The molecule has 0 saturated carbocycles. The molecule has 2 aromatic rings. The molecule has 98 valence electrons. The van der Waals surface area contributed by atoms with Crippen LogP contribution in [-0.4, -0.2) is 32.1 Å². The minimum absolute atomic E-state index is 0.219. The summed E-state index contributed by atoms with van der Waals surface area (Å²) in [5, 5.41) is 20.8. The number of tetrazole rings is 1. The van der Waals surface area contributed by atoms with E-state index in [1.165, 1.54) is 11.8 Å². The van der Waals surface area contributed by atoms with E-state index >= 15 is 0 Å². The van der Waals surface area contributed by atoms with Crippen LogP contribution in [-0.2, 0) is 0 Å². The Morgan fingerprint density at radius 3 is 3.00 bits per heavy atom. The van der Waals surface area contributed by atoms with Crippen LogP contribution in [0, 0.1) is 11.3 Å². The van der Waals surface area contributed by atoms with Gasteiger partial charge in [-0.3, -0.25) is 0 Å². The van der Waals surface area contributed by atoms with Crippen LogP contribution < -0.4 is 4.74 Å². The van der Waals surface area contributed by atoms with Crippen LogP contribution in [0.4, 0.5) is 0 Å². The molecule has 0 spiro atoms. The predicted molar refractivity (Wildman–Crippen MR) is 71.3 cm³/mol. The maximum atomic E-state index is 8.86. The highest BCUT2D eigenvalue weighted by Gasteiger charge is 2.15. The fourth-order valence-electron chi connectivity index (χ4n) is 1.50. The van der Waals surface area contributed by atoms with Gasteiger partial charge in [-0.1, -0.05) is 23.9 Å². The molecule has 19 heavy (non-hydrogen) atoms. The van der Waals surface area contributed by atoms with Gasteiger partial charge in [0.1, 0.15) is 11.4 Å². The Morgan fingerprint density at radius 1 is 1.47 bits per heavy atom. The Labute approximate surface area is 115 Å². The molecule has 0 amide bonds. The summed E-state index contributed by atoms with van der Waals surface area (Å²) in [7, 11) is 0. The van der Waals surface area contributed by atoms with Crippen LogP contribution in [0.5, 0.6) is 5.75 Å². The van der Waals surface area contributed by atoms with Crippen LogP contribution in [0.25, 0.3) is 5.69 Å². The molecule has 0 aliphatic rings. The van der Waals surface area contributed by atoms with Crippen LogP contribution in [0.3, 0.4) is 0 Å². The molecule has 6 nitrogen and oxygen atoms in total. The summed E-state index contributed by atoms with van der Waals surface area (Å²) in [5.74, 6) is 0.712. The van der Waals surface area contributed by atoms with E-state index in [0.29, 0.717) is 17.5 Å². The van der Waals surface area contributed by atoms with E-state index in [1.54, 1.807) is 11.6 Å². The number of benzene rings is 1. The van der Waals surface area contributed by atoms with Crippen molar-refractivity contribution in [1.82, 2.24) is 20.2 Å². The van der Waals surface area contributed by atoms with Gasteiger partial charge in [0.2, 0.25) is 5.16 Å². The van der Waals surface area contributed by atoms with E-state index in [1.807, 2.05) is 31.2 Å². The van der Waals surface area contributed by atoms with Gasteiger partial charge in [0.15, 0.2) is 0 Å². The number of hydrogen-bond donors (Lipinski definition) is 0. The molecule has 2 rings (SSSR count). The molecule has 0 saturated heterocycles. The number of nitriles is 1. The van der Waals surface area contributed by atoms with Gasteiger partial charge in [-0.25, -0.2) is 0 Å². The molecule has 0 radical (unpaired) electrons. The zero-order valence-corrected chi connectivity index (χ0v) is 11.5. The van der Waals surface area contributed by atoms with Crippen molar-refractivity contribution in [3.05, 3.63) is 24.3 Å². The second kappa shape index (κ2) is 6.20. The molecule has 0 aliphatic carbocycles. The normalized spacial score (nSPS) is 11.8. The Morgan fingerprint density at radius 2 is 2.26 bits per heavy atom. The van der Waals surface area contributed by atoms with Crippen LogP contribution in [0.15, 0.2) is 29.4 Å². The summed E-state index contributed by atoms with van der Waals surface area (Å²) >= 11 is 1.31. The predicted octanol–water partition coefficient (Wildman–Crippen LogP) is 2.07. The molecule has 1 aromatic carbocycles. The van der Waals surface area contributed by atoms with Gasteiger partial charge in [-0.05, 0) is 36.4 Å². The van der Waals surface area contributed by atoms with Crippen molar-refractivity contribution >= 4 is 11.8 Å². The van der Waals surface area contributed by atoms with Crippen molar-refractivity contribution in [3.8, 4) is 17.5 Å². The van der Waals surface area contributed by atoms with Crippen molar-refractivity contribution < 1.29 is 4.74 Å². The molecule has 0 aliphatic heterocycles. The van der Waals surface area contributed by atoms with Crippen molar-refractivity contribution in [2.75, 3.05) is 6.61 Å². The summed E-state index contributed by atoms with van der Waals surface area (Å²) < 4.78 is 7.14. The summed E-state index contributed by atoms with van der Waals surface area (Å²) in [6.07, 6.45) is 0. The number of aromatic nitrogens is 4. The van der Waals surface area contributed by atoms with Crippen molar-refractivity contribution in [2.24, 2.45) is 0 Å². The van der Waals surface area contributed by atoms with Gasteiger partial charge >= 0.3 is 0 Å². The van der Waals surface area contributed by atoms with E-state index in [0.717, 1.165) is 5.69 Å². The maximum Gasteiger partial charge on any atom is 0.215 e. The number of nitrogens with zero attached hydrogens (tertiary/aromatic N) is 5. The number of rotatable bonds is 5. The van der Waals surface area contributed by atoms with Gasteiger partial charge in [0, 0.05) is 0 Å². The largest absolute Gasteiger partial charge is 0.492 e. The Kier molecular flexibility index (Phi) is 4.36. The van der Waals surface area contributed by atoms with Crippen LogP contribution in [0.2, 0.25) is 0 Å². The molecule has 0 N–H and O–H groups in total. The highest BCUT2D eigenvalue weighted by atomic mass is 32.2. The van der Waals surface area contributed by atoms with Gasteiger partial charge in [-0.15, -0.1) is 5.10 Å². The van der Waals surface area contributed by atoms with E-state index in [4.69, 9.17) is 10.00 Å². The Hall–Kier alpha value is -2.07. The minimum Gasteiger partial charge on any atom is -0.492 e. The third kappa shape index (κ3) is 3.03. The lowest BCUT2D eigenvalue weighted by molar-refractivity contribution is 0.337. The third-order valence-corrected chi connectivity index (χ3v) is 3.22. The number of hydrogen-bond acceptors (Lipinski definition) is 6. The average molecular weight is 275 g/mol. The average Bonchev–Trinajstić information content (AvgIpc) is 2.87. The van der Waals surface area contributed by atoms with Crippen molar-refractivity contribution in [2.45, 2.75) is 24.3 Å². The zero-order chi connectivity index (χ0) is 13.7. The lowest BCUT2D eigenvalue weighted by Crippen LogP contribution is -2.04. The first-order valence-corrected chi connectivity index (χ1v) is 6.71. The zero-order valence-electron chi connectivity index (χ0n) is 10.6.